The van der Waals surface area contributed by atoms with Gasteiger partial charge in [-0.1, -0.05) is 11.3 Å². The minimum absolute atomic E-state index is 0.105. The maximum atomic E-state index is 12.2. The van der Waals surface area contributed by atoms with Gasteiger partial charge < -0.3 is 21.3 Å². The summed E-state index contributed by atoms with van der Waals surface area (Å²) < 4.78 is 0. The fourth-order valence-corrected chi connectivity index (χ4v) is 3.69. The number of nitrogens with two attached hydrogens (primary N) is 1. The van der Waals surface area contributed by atoms with Crippen molar-refractivity contribution in [3.63, 3.8) is 0 Å². The highest BCUT2D eigenvalue weighted by Gasteiger charge is 2.24. The summed E-state index contributed by atoms with van der Waals surface area (Å²) in [5.74, 6) is 0.228. The van der Waals surface area contributed by atoms with Crippen molar-refractivity contribution in [2.45, 2.75) is 44.2 Å². The van der Waals surface area contributed by atoms with Crippen LogP contribution in [0.1, 0.15) is 41.8 Å². The predicted molar refractivity (Wildman–Crippen MR) is 85.8 cm³/mol. The number of nitrogens with zero attached hydrogens (tertiary/aromatic N) is 2. The van der Waals surface area contributed by atoms with Crippen LogP contribution in [0.15, 0.2) is 0 Å². The van der Waals surface area contributed by atoms with Crippen LogP contribution in [0.4, 0.5) is 10.9 Å². The van der Waals surface area contributed by atoms with Gasteiger partial charge in [-0.05, 0) is 45.7 Å². The van der Waals surface area contributed by atoms with Crippen LogP contribution in [-0.2, 0) is 0 Å². The quantitative estimate of drug-likeness (QED) is 0.768. The van der Waals surface area contributed by atoms with E-state index < -0.39 is 0 Å². The van der Waals surface area contributed by atoms with Crippen LogP contribution in [-0.4, -0.2) is 48.0 Å². The number of nitrogens with one attached hydrogen (secondary N) is 2. The van der Waals surface area contributed by atoms with E-state index in [-0.39, 0.29) is 5.91 Å². The highest BCUT2D eigenvalue weighted by Crippen LogP contribution is 2.29. The van der Waals surface area contributed by atoms with Gasteiger partial charge in [0.1, 0.15) is 10.7 Å². The summed E-state index contributed by atoms with van der Waals surface area (Å²) in [5.41, 5.74) is 5.88. The van der Waals surface area contributed by atoms with Crippen molar-refractivity contribution in [2.24, 2.45) is 0 Å². The lowest BCUT2D eigenvalue weighted by atomic mass is 9.93. The van der Waals surface area contributed by atoms with Crippen LogP contribution in [0.25, 0.3) is 0 Å². The van der Waals surface area contributed by atoms with Crippen molar-refractivity contribution in [3.05, 3.63) is 4.88 Å². The lowest BCUT2D eigenvalue weighted by Crippen LogP contribution is -2.38. The van der Waals surface area contributed by atoms with Crippen LogP contribution < -0.4 is 16.4 Å². The average Bonchev–Trinajstić information content (AvgIpc) is 2.97. The molecule has 0 spiro atoms. The van der Waals surface area contributed by atoms with Crippen molar-refractivity contribution in [1.29, 1.82) is 0 Å². The topological polar surface area (TPSA) is 83.3 Å². The molecule has 21 heavy (non-hydrogen) atoms. The Kier molecular flexibility index (Phi) is 4.30. The summed E-state index contributed by atoms with van der Waals surface area (Å²) in [4.78, 5) is 19.3. The van der Waals surface area contributed by atoms with Crippen molar-refractivity contribution in [3.8, 4) is 0 Å². The first-order valence-corrected chi connectivity index (χ1v) is 8.46. The number of likely N-dealkylation sites (N-methyl/N-ethyl adjacent to an activating group) is 1. The van der Waals surface area contributed by atoms with Crippen LogP contribution >= 0.6 is 11.3 Å². The van der Waals surface area contributed by atoms with Gasteiger partial charge in [-0.25, -0.2) is 4.98 Å². The molecule has 0 bridgehead atoms. The van der Waals surface area contributed by atoms with E-state index in [9.17, 15) is 4.79 Å². The standard InChI is InChI=1S/C14H23N5OS/c1-19-7-3-6-10(19)8-16-13(20)11-12(15)18-14(21-11)17-9-4-2-5-9/h9-10H,2-8,15H2,1H3,(H,16,20)(H,17,18). The summed E-state index contributed by atoms with van der Waals surface area (Å²) in [7, 11) is 2.10. The van der Waals surface area contributed by atoms with Crippen molar-refractivity contribution in [1.82, 2.24) is 15.2 Å². The first-order chi connectivity index (χ1) is 10.1. The SMILES string of the molecule is CN1CCCC1CNC(=O)c1sc(NC2CCC2)nc1N. The fraction of sp³-hybridized carbons (Fsp3) is 0.714. The van der Waals surface area contributed by atoms with Gasteiger partial charge in [-0.2, -0.15) is 0 Å². The monoisotopic (exact) mass is 309 g/mol. The molecule has 1 aliphatic carbocycles. The summed E-state index contributed by atoms with van der Waals surface area (Å²) in [6, 6.07) is 0.939. The normalized spacial score (nSPS) is 23.0. The molecule has 1 amide bonds. The first kappa shape index (κ1) is 14.6. The molecule has 1 unspecified atom stereocenters. The molecule has 2 heterocycles. The van der Waals surface area contributed by atoms with Crippen molar-refractivity contribution in [2.75, 3.05) is 31.2 Å². The Morgan fingerprint density at radius 3 is 2.86 bits per heavy atom. The maximum absolute atomic E-state index is 12.2. The molecule has 1 aliphatic heterocycles. The molecule has 2 fully saturated rings. The molecule has 116 valence electrons. The number of anilines is 2. The number of aromatic nitrogens is 1. The second-order valence-electron chi connectivity index (χ2n) is 5.99. The molecule has 1 aromatic heterocycles. The third kappa shape index (κ3) is 3.29. The lowest BCUT2D eigenvalue weighted by Gasteiger charge is -2.25. The molecule has 1 saturated carbocycles. The second kappa shape index (κ2) is 6.19. The molecule has 6 nitrogen and oxygen atoms in total. The molecule has 7 heteroatoms. The number of rotatable bonds is 5. The minimum atomic E-state index is -0.105. The second-order valence-corrected chi connectivity index (χ2v) is 6.99. The minimum Gasteiger partial charge on any atom is -0.382 e. The summed E-state index contributed by atoms with van der Waals surface area (Å²) >= 11 is 1.36. The number of hydrogen-bond acceptors (Lipinski definition) is 6. The Morgan fingerprint density at radius 1 is 1.43 bits per heavy atom. The van der Waals surface area contributed by atoms with Crippen molar-refractivity contribution < 1.29 is 4.79 Å². The molecule has 2 aliphatic rings. The Hall–Kier alpha value is -1.34. The summed E-state index contributed by atoms with van der Waals surface area (Å²) in [5, 5.41) is 7.09. The van der Waals surface area contributed by atoms with Gasteiger partial charge in [-0.15, -0.1) is 0 Å². The van der Waals surface area contributed by atoms with E-state index in [0.29, 0.717) is 29.3 Å². The zero-order chi connectivity index (χ0) is 14.8. The zero-order valence-electron chi connectivity index (χ0n) is 12.4. The number of thiazole rings is 1. The first-order valence-electron chi connectivity index (χ1n) is 7.65. The number of carbonyl (C=O) groups is 1. The van der Waals surface area contributed by atoms with Crippen LogP contribution in [0.3, 0.4) is 0 Å². The van der Waals surface area contributed by atoms with Crippen LogP contribution in [0, 0.1) is 0 Å². The summed E-state index contributed by atoms with van der Waals surface area (Å²) in [6.07, 6.45) is 5.96. The van der Waals surface area contributed by atoms with E-state index in [1.165, 1.54) is 37.0 Å². The van der Waals surface area contributed by atoms with Gasteiger partial charge in [0.25, 0.3) is 5.91 Å². The van der Waals surface area contributed by atoms with Gasteiger partial charge in [0, 0.05) is 18.6 Å². The number of carbonyl (C=O) groups excluding carboxylic acids is 1. The lowest BCUT2D eigenvalue weighted by molar-refractivity contribution is 0.0948. The summed E-state index contributed by atoms with van der Waals surface area (Å²) in [6.45, 7) is 1.79. The van der Waals surface area contributed by atoms with E-state index in [1.54, 1.807) is 0 Å². The molecule has 1 aromatic rings. The average molecular weight is 309 g/mol. The number of hydrogen-bond donors (Lipinski definition) is 3. The predicted octanol–water partition coefficient (Wildman–Crippen LogP) is 1.51. The molecule has 1 saturated heterocycles. The number of nitrogen functional groups attached to an aromatic ring is 1. The highest BCUT2D eigenvalue weighted by atomic mass is 32.1. The molecule has 3 rings (SSSR count). The van der Waals surface area contributed by atoms with Gasteiger partial charge >= 0.3 is 0 Å². The van der Waals surface area contributed by atoms with Crippen LogP contribution in [0.5, 0.6) is 0 Å². The Morgan fingerprint density at radius 2 is 2.24 bits per heavy atom. The third-order valence-electron chi connectivity index (χ3n) is 4.46. The Balaban J connectivity index is 1.56. The molecular weight excluding hydrogens is 286 g/mol. The van der Waals surface area contributed by atoms with E-state index in [0.717, 1.165) is 18.1 Å². The number of likely N-dealkylation sites (tertiary alicyclic amines) is 1. The number of amides is 1. The molecule has 0 radical (unpaired) electrons. The molecule has 4 N–H and O–H groups in total. The van der Waals surface area contributed by atoms with E-state index >= 15 is 0 Å². The Bertz CT molecular complexity index is 513. The largest absolute Gasteiger partial charge is 0.382 e. The smallest absolute Gasteiger partial charge is 0.265 e. The van der Waals surface area contributed by atoms with E-state index in [1.807, 2.05) is 0 Å². The maximum Gasteiger partial charge on any atom is 0.265 e. The molecular formula is C14H23N5OS. The fourth-order valence-electron chi connectivity index (χ4n) is 2.81. The van der Waals surface area contributed by atoms with Crippen LogP contribution in [0.2, 0.25) is 0 Å². The van der Waals surface area contributed by atoms with Gasteiger partial charge in [0.05, 0.1) is 0 Å². The molecule has 1 atom stereocenters. The Labute approximate surface area is 129 Å². The molecule has 0 aromatic carbocycles. The van der Waals surface area contributed by atoms with E-state index in [2.05, 4.69) is 27.6 Å². The van der Waals surface area contributed by atoms with Gasteiger partial charge in [0.2, 0.25) is 0 Å². The van der Waals surface area contributed by atoms with E-state index in [4.69, 9.17) is 5.73 Å². The highest BCUT2D eigenvalue weighted by molar-refractivity contribution is 7.18. The van der Waals surface area contributed by atoms with Gasteiger partial charge in [-0.3, -0.25) is 4.79 Å². The zero-order valence-corrected chi connectivity index (χ0v) is 13.2. The van der Waals surface area contributed by atoms with Gasteiger partial charge in [0.15, 0.2) is 5.13 Å². The third-order valence-corrected chi connectivity index (χ3v) is 5.46. The van der Waals surface area contributed by atoms with Crippen molar-refractivity contribution >= 4 is 28.2 Å².